The van der Waals surface area contributed by atoms with Gasteiger partial charge >= 0.3 is 5.97 Å². The molecule has 0 aromatic carbocycles. The van der Waals surface area contributed by atoms with Crippen LogP contribution in [-0.4, -0.2) is 34.0 Å². The fourth-order valence-electron chi connectivity index (χ4n) is 11.0. The number of hydrogen-bond donors (Lipinski definition) is 2. The lowest BCUT2D eigenvalue weighted by Gasteiger charge is -2.70. The van der Waals surface area contributed by atoms with Gasteiger partial charge in [-0.15, -0.1) is 0 Å². The molecule has 4 saturated carbocycles. The van der Waals surface area contributed by atoms with Gasteiger partial charge in [0.1, 0.15) is 11.7 Å². The maximum absolute atomic E-state index is 12.8. The minimum atomic E-state index is -0.607. The van der Waals surface area contributed by atoms with Gasteiger partial charge in [0, 0.05) is 10.8 Å². The summed E-state index contributed by atoms with van der Waals surface area (Å²) in [6.07, 6.45) is 10.9. The van der Waals surface area contributed by atoms with Crippen molar-refractivity contribution in [3.8, 4) is 0 Å². The molecule has 34 heavy (non-hydrogen) atoms. The van der Waals surface area contributed by atoms with E-state index in [1.165, 1.54) is 5.57 Å². The lowest BCUT2D eigenvalue weighted by Crippen LogP contribution is -2.70. The van der Waals surface area contributed by atoms with Crippen LogP contribution >= 0.6 is 0 Å². The van der Waals surface area contributed by atoms with Crippen molar-refractivity contribution in [3.05, 3.63) is 11.6 Å². The molecule has 5 fully saturated rings. The van der Waals surface area contributed by atoms with Gasteiger partial charge in [-0.05, 0) is 85.9 Å². The maximum Gasteiger partial charge on any atom is 0.310 e. The van der Waals surface area contributed by atoms with E-state index < -0.39 is 11.4 Å². The van der Waals surface area contributed by atoms with Crippen molar-refractivity contribution in [2.75, 3.05) is 0 Å². The number of fused-ring (bicyclic) bond motifs is 5. The van der Waals surface area contributed by atoms with Crippen molar-refractivity contribution < 1.29 is 19.7 Å². The molecule has 0 aromatic rings. The summed E-state index contributed by atoms with van der Waals surface area (Å²) < 4.78 is 6.95. The van der Waals surface area contributed by atoms with Crippen molar-refractivity contribution in [1.82, 2.24) is 0 Å². The van der Waals surface area contributed by atoms with Crippen LogP contribution in [0.5, 0.6) is 0 Å². The molecule has 1 saturated heterocycles. The molecule has 4 unspecified atom stereocenters. The number of aliphatic carboxylic acids is 1. The monoisotopic (exact) mass is 470 g/mol. The highest BCUT2D eigenvalue weighted by Gasteiger charge is 2.84. The third-order valence-electron chi connectivity index (χ3n) is 13.5. The molecule has 2 N–H and O–H groups in total. The first kappa shape index (κ1) is 23.5. The van der Waals surface area contributed by atoms with E-state index in [9.17, 15) is 15.0 Å². The molecule has 4 heteroatoms. The number of allylic oxidation sites excluding steroid dienone is 1. The van der Waals surface area contributed by atoms with Crippen LogP contribution in [0.25, 0.3) is 0 Å². The van der Waals surface area contributed by atoms with E-state index in [1.54, 1.807) is 0 Å². The summed E-state index contributed by atoms with van der Waals surface area (Å²) in [5, 5.41) is 21.5. The number of ether oxygens (including phenoxy) is 1. The van der Waals surface area contributed by atoms with E-state index in [4.69, 9.17) is 4.74 Å². The van der Waals surface area contributed by atoms with Gasteiger partial charge in [0.15, 0.2) is 0 Å². The summed E-state index contributed by atoms with van der Waals surface area (Å²) in [6, 6.07) is 0. The maximum atomic E-state index is 12.8. The van der Waals surface area contributed by atoms with Gasteiger partial charge in [0.2, 0.25) is 0 Å². The Morgan fingerprint density at radius 2 is 1.62 bits per heavy atom. The Morgan fingerprint density at radius 1 is 0.941 bits per heavy atom. The molecule has 4 nitrogen and oxygen atoms in total. The summed E-state index contributed by atoms with van der Waals surface area (Å²) in [5.41, 5.74) is 0.683. The number of rotatable bonds is 1. The normalized spacial score (nSPS) is 56.5. The van der Waals surface area contributed by atoms with Gasteiger partial charge in [0.05, 0.1) is 11.5 Å². The van der Waals surface area contributed by atoms with Crippen molar-refractivity contribution in [3.63, 3.8) is 0 Å². The Hall–Kier alpha value is -0.870. The van der Waals surface area contributed by atoms with Crippen LogP contribution in [0.2, 0.25) is 0 Å². The Morgan fingerprint density at radius 3 is 2.29 bits per heavy atom. The standard InChI is InChI=1S/C30H46O4/c1-24(2)12-14-29(23(32)33)15-13-26(5)18(19(29)17-24)16-22-30(34-22)27(6)10-9-21(31)25(3,4)20(27)8-11-28(26,30)7/h16,19-22,31H,8-15,17H2,1-7H3,(H,32,33)/t19?,20-,21-,22?,26+,27-,28-,29?,30?/m0/s1. The molecule has 0 radical (unpaired) electrons. The first-order valence-corrected chi connectivity index (χ1v) is 13.9. The fraction of sp³-hybridized carbons (Fsp3) is 0.900. The molecule has 190 valence electrons. The van der Waals surface area contributed by atoms with Gasteiger partial charge in [-0.1, -0.05) is 60.1 Å². The number of carboxylic acids is 1. The van der Waals surface area contributed by atoms with Gasteiger partial charge < -0.3 is 14.9 Å². The van der Waals surface area contributed by atoms with Gasteiger partial charge in [-0.25, -0.2) is 0 Å². The number of aliphatic hydroxyl groups is 1. The van der Waals surface area contributed by atoms with Gasteiger partial charge in [-0.2, -0.15) is 0 Å². The molecular formula is C30H46O4. The Balaban J connectivity index is 1.50. The zero-order chi connectivity index (χ0) is 24.7. The van der Waals surface area contributed by atoms with Crippen molar-refractivity contribution >= 4 is 5.97 Å². The lowest BCUT2D eigenvalue weighted by molar-refractivity contribution is -0.211. The Labute approximate surface area is 205 Å². The first-order valence-electron chi connectivity index (χ1n) is 13.9. The van der Waals surface area contributed by atoms with Crippen LogP contribution < -0.4 is 0 Å². The van der Waals surface area contributed by atoms with E-state index in [0.29, 0.717) is 5.92 Å². The highest BCUT2D eigenvalue weighted by atomic mass is 16.6. The predicted octanol–water partition coefficient (Wildman–Crippen LogP) is 6.36. The molecule has 6 aliphatic rings. The number of hydrogen-bond acceptors (Lipinski definition) is 3. The second-order valence-corrected chi connectivity index (χ2v) is 15.3. The number of carbonyl (C=O) groups is 1. The van der Waals surface area contributed by atoms with Crippen LogP contribution in [0, 0.1) is 44.3 Å². The fourth-order valence-corrected chi connectivity index (χ4v) is 11.0. The molecule has 1 heterocycles. The lowest BCUT2D eigenvalue weighted by atomic mass is 9.33. The highest BCUT2D eigenvalue weighted by Crippen LogP contribution is 2.82. The van der Waals surface area contributed by atoms with Crippen LogP contribution in [0.15, 0.2) is 11.6 Å². The average molecular weight is 471 g/mol. The van der Waals surface area contributed by atoms with Crippen LogP contribution in [0.4, 0.5) is 0 Å². The zero-order valence-corrected chi connectivity index (χ0v) is 22.5. The summed E-state index contributed by atoms with van der Waals surface area (Å²) in [6.45, 7) is 16.6. The smallest absolute Gasteiger partial charge is 0.310 e. The molecule has 0 amide bonds. The second-order valence-electron chi connectivity index (χ2n) is 15.3. The SMILES string of the molecule is CC1(C)CCC2(C(=O)O)CC[C@]3(C)C(=CC4OC45[C@@]4(C)CC[C@H](O)C(C)(C)[C@@H]4CC[C@]53C)C2C1. The second kappa shape index (κ2) is 6.33. The van der Waals surface area contributed by atoms with Gasteiger partial charge in [0.25, 0.3) is 0 Å². The summed E-state index contributed by atoms with van der Waals surface area (Å²) in [4.78, 5) is 12.8. The van der Waals surface area contributed by atoms with E-state index in [1.807, 2.05) is 0 Å². The molecule has 5 aliphatic carbocycles. The average Bonchev–Trinajstić information content (AvgIpc) is 3.48. The largest absolute Gasteiger partial charge is 0.481 e. The van der Waals surface area contributed by atoms with E-state index in [-0.39, 0.29) is 50.8 Å². The minimum absolute atomic E-state index is 0.00930. The van der Waals surface area contributed by atoms with Crippen LogP contribution in [-0.2, 0) is 9.53 Å². The summed E-state index contributed by atoms with van der Waals surface area (Å²) in [7, 11) is 0. The Bertz CT molecular complexity index is 980. The van der Waals surface area contributed by atoms with Crippen LogP contribution in [0.1, 0.15) is 106 Å². The number of aliphatic hydroxyl groups excluding tert-OH is 1. The summed E-state index contributed by atoms with van der Waals surface area (Å²) in [5.74, 6) is -0.0225. The quantitative estimate of drug-likeness (QED) is 0.345. The highest BCUT2D eigenvalue weighted by molar-refractivity contribution is 5.77. The van der Waals surface area contributed by atoms with E-state index in [0.717, 1.165) is 57.8 Å². The topological polar surface area (TPSA) is 70.1 Å². The van der Waals surface area contributed by atoms with Crippen molar-refractivity contribution in [2.24, 2.45) is 44.3 Å². The van der Waals surface area contributed by atoms with Gasteiger partial charge in [-0.3, -0.25) is 4.79 Å². The third kappa shape index (κ3) is 2.33. The van der Waals surface area contributed by atoms with Crippen LogP contribution in [0.3, 0.4) is 0 Å². The first-order chi connectivity index (χ1) is 15.6. The molecule has 1 aliphatic heterocycles. The number of carboxylic acid groups (broad SMARTS) is 1. The summed E-state index contributed by atoms with van der Waals surface area (Å²) >= 11 is 0. The van der Waals surface area contributed by atoms with E-state index in [2.05, 4.69) is 54.5 Å². The molecular weight excluding hydrogens is 424 g/mol. The van der Waals surface area contributed by atoms with Crippen molar-refractivity contribution in [2.45, 2.75) is 124 Å². The minimum Gasteiger partial charge on any atom is -0.481 e. The predicted molar refractivity (Wildman–Crippen MR) is 132 cm³/mol. The molecule has 0 bridgehead atoms. The molecule has 9 atom stereocenters. The van der Waals surface area contributed by atoms with Crippen molar-refractivity contribution in [1.29, 1.82) is 0 Å². The number of epoxide rings is 1. The molecule has 1 spiro atoms. The van der Waals surface area contributed by atoms with E-state index >= 15 is 0 Å². The molecule has 0 aromatic heterocycles. The zero-order valence-electron chi connectivity index (χ0n) is 22.5. The third-order valence-corrected chi connectivity index (χ3v) is 13.5. The Kier molecular flexibility index (Phi) is 4.38. The molecule has 6 rings (SSSR count).